The zero-order chi connectivity index (χ0) is 34.2. The minimum absolute atomic E-state index is 0.0411. The van der Waals surface area contributed by atoms with Gasteiger partial charge in [-0.2, -0.15) is 0 Å². The molecule has 0 saturated carbocycles. The maximum atomic E-state index is 16.1. The molecule has 50 heavy (non-hydrogen) atoms. The lowest BCUT2D eigenvalue weighted by Gasteiger charge is -2.31. The van der Waals surface area contributed by atoms with E-state index in [1.54, 1.807) is 0 Å². The second-order valence-electron chi connectivity index (χ2n) is 12.0. The molecule has 0 spiro atoms. The summed E-state index contributed by atoms with van der Waals surface area (Å²) in [5.41, 5.74) is 3.58. The highest BCUT2D eigenvalue weighted by Crippen LogP contribution is 2.40. The first-order valence-electron chi connectivity index (χ1n) is 16.5. The van der Waals surface area contributed by atoms with Gasteiger partial charge in [-0.15, -0.1) is 0 Å². The molecule has 238 valence electrons. The van der Waals surface area contributed by atoms with Crippen molar-refractivity contribution in [1.29, 1.82) is 0 Å². The Morgan fingerprint density at radius 1 is 0.300 bits per heavy atom. The predicted molar refractivity (Wildman–Crippen MR) is 199 cm³/mol. The smallest absolute Gasteiger partial charge is 0.140 e. The van der Waals surface area contributed by atoms with Crippen LogP contribution in [0.25, 0.3) is 0 Å². The average Bonchev–Trinajstić information content (AvgIpc) is 3.19. The van der Waals surface area contributed by atoms with Crippen LogP contribution in [0.5, 0.6) is 0 Å². The first-order valence-corrected chi connectivity index (χ1v) is 16.5. The van der Waals surface area contributed by atoms with Gasteiger partial charge in [0.05, 0.1) is 11.1 Å². The molecule has 7 aromatic carbocycles. The molecule has 2 heteroatoms. The van der Waals surface area contributed by atoms with Gasteiger partial charge in [-0.1, -0.05) is 206 Å². The highest BCUT2D eigenvalue weighted by Gasteiger charge is 2.36. The van der Waals surface area contributed by atoms with Crippen molar-refractivity contribution in [3.8, 4) is 23.7 Å². The minimum atomic E-state index is -0.939. The van der Waals surface area contributed by atoms with Gasteiger partial charge in [0.15, 0.2) is 0 Å². The van der Waals surface area contributed by atoms with Crippen LogP contribution in [0.4, 0.5) is 8.78 Å². The van der Waals surface area contributed by atoms with Crippen LogP contribution in [-0.4, -0.2) is 0 Å². The van der Waals surface area contributed by atoms with Crippen molar-refractivity contribution in [2.75, 3.05) is 0 Å². The monoisotopic (exact) mass is 646 g/mol. The van der Waals surface area contributed by atoms with Crippen molar-refractivity contribution < 1.29 is 8.78 Å². The lowest BCUT2D eigenvalue weighted by molar-refractivity contribution is 0.594. The minimum Gasteiger partial charge on any atom is -0.206 e. The molecular formula is C48H32F2. The van der Waals surface area contributed by atoms with Crippen molar-refractivity contribution in [2.24, 2.45) is 0 Å². The summed E-state index contributed by atoms with van der Waals surface area (Å²) in [5, 5.41) is 0. The fourth-order valence-corrected chi connectivity index (χ4v) is 6.62. The molecule has 0 aliphatic rings. The Kier molecular flexibility index (Phi) is 9.20. The van der Waals surface area contributed by atoms with E-state index in [0.717, 1.165) is 45.5 Å². The molecule has 0 aromatic heterocycles. The number of hydrogen-bond donors (Lipinski definition) is 0. The standard InChI is InChI=1S/C48H32F2/c49-45-36-38(32-34-48(42-25-13-4-14-26-42,43-27-15-5-16-28-43)44-29-17-6-18-30-44)46(50)35-37(45)31-33-47(39-19-7-1-8-20-39,40-21-9-2-10-22-40)41-23-11-3-12-24-41/h1-30,35-36H. The third kappa shape index (κ3) is 6.12. The fraction of sp³-hybridized carbons (Fsp3) is 0.0417. The van der Waals surface area contributed by atoms with Gasteiger partial charge in [0, 0.05) is 0 Å². The summed E-state index contributed by atoms with van der Waals surface area (Å²) < 4.78 is 32.1. The Morgan fingerprint density at radius 2 is 0.500 bits per heavy atom. The molecule has 7 aromatic rings. The lowest BCUT2D eigenvalue weighted by atomic mass is 9.70. The number of benzene rings is 7. The van der Waals surface area contributed by atoms with Gasteiger partial charge in [0.2, 0.25) is 0 Å². The summed E-state index contributed by atoms with van der Waals surface area (Å²) in [5.74, 6) is 11.7. The summed E-state index contributed by atoms with van der Waals surface area (Å²) in [6, 6.07) is 61.8. The van der Waals surface area contributed by atoms with E-state index < -0.39 is 22.5 Å². The molecule has 0 unspecified atom stereocenters. The van der Waals surface area contributed by atoms with Crippen molar-refractivity contribution in [1.82, 2.24) is 0 Å². The van der Waals surface area contributed by atoms with Gasteiger partial charge in [0.25, 0.3) is 0 Å². The summed E-state index contributed by atoms with van der Waals surface area (Å²) in [6.45, 7) is 0. The van der Waals surface area contributed by atoms with E-state index in [1.165, 1.54) is 0 Å². The lowest BCUT2D eigenvalue weighted by Crippen LogP contribution is -2.27. The maximum Gasteiger partial charge on any atom is 0.140 e. The summed E-state index contributed by atoms with van der Waals surface area (Å²) >= 11 is 0. The third-order valence-corrected chi connectivity index (χ3v) is 9.07. The van der Waals surface area contributed by atoms with Crippen LogP contribution in [0.3, 0.4) is 0 Å². The van der Waals surface area contributed by atoms with Gasteiger partial charge >= 0.3 is 0 Å². The molecule has 0 aliphatic heterocycles. The second kappa shape index (κ2) is 14.3. The van der Waals surface area contributed by atoms with Crippen molar-refractivity contribution in [3.05, 3.63) is 250 Å². The number of rotatable bonds is 6. The van der Waals surface area contributed by atoms with Gasteiger partial charge in [-0.05, 0) is 45.5 Å². The molecule has 0 atom stereocenters. The zero-order valence-corrected chi connectivity index (χ0v) is 27.2. The van der Waals surface area contributed by atoms with Crippen LogP contribution in [0.15, 0.2) is 194 Å². The Hall–Kier alpha value is -6.48. The number of hydrogen-bond acceptors (Lipinski definition) is 0. The van der Waals surface area contributed by atoms with Crippen LogP contribution in [-0.2, 0) is 10.8 Å². The van der Waals surface area contributed by atoms with Crippen molar-refractivity contribution >= 4 is 0 Å². The quantitative estimate of drug-likeness (QED) is 0.125. The molecule has 0 nitrogen and oxygen atoms in total. The van der Waals surface area contributed by atoms with Crippen molar-refractivity contribution in [3.63, 3.8) is 0 Å². The zero-order valence-electron chi connectivity index (χ0n) is 27.2. The molecule has 0 N–H and O–H groups in total. The molecular weight excluding hydrogens is 615 g/mol. The van der Waals surface area contributed by atoms with Crippen molar-refractivity contribution in [2.45, 2.75) is 10.8 Å². The molecule has 0 heterocycles. The Balaban J connectivity index is 1.38. The molecule has 7 rings (SSSR count). The second-order valence-corrected chi connectivity index (χ2v) is 12.0. The van der Waals surface area contributed by atoms with Crippen LogP contribution in [0.2, 0.25) is 0 Å². The predicted octanol–water partition coefficient (Wildman–Crippen LogP) is 10.7. The first kappa shape index (κ1) is 32.1. The normalized spacial score (nSPS) is 11.1. The molecule has 0 fully saturated rings. The van der Waals surface area contributed by atoms with E-state index in [1.807, 2.05) is 182 Å². The highest BCUT2D eigenvalue weighted by atomic mass is 19.1. The van der Waals surface area contributed by atoms with Gasteiger partial charge in [-0.3, -0.25) is 0 Å². The first-order chi connectivity index (χ1) is 24.6. The topological polar surface area (TPSA) is 0 Å². The van der Waals surface area contributed by atoms with Crippen LogP contribution in [0, 0.1) is 35.3 Å². The largest absolute Gasteiger partial charge is 0.206 e. The van der Waals surface area contributed by atoms with Gasteiger partial charge in [-0.25, -0.2) is 8.78 Å². The van der Waals surface area contributed by atoms with Crippen LogP contribution < -0.4 is 0 Å². The van der Waals surface area contributed by atoms with Crippen LogP contribution in [0.1, 0.15) is 44.5 Å². The third-order valence-electron chi connectivity index (χ3n) is 9.07. The number of halogens is 2. The SMILES string of the molecule is Fc1cc(C#CC(c2ccccc2)(c2ccccc2)c2ccccc2)c(F)cc1C#CC(c1ccccc1)(c1ccccc1)c1ccccc1. The molecule has 0 bridgehead atoms. The molecule has 0 saturated heterocycles. The van der Waals surface area contributed by atoms with Gasteiger partial charge < -0.3 is 0 Å². The Labute approximate surface area is 292 Å². The molecule has 0 aliphatic carbocycles. The van der Waals surface area contributed by atoms with Gasteiger partial charge in [0.1, 0.15) is 22.5 Å². The molecule has 0 radical (unpaired) electrons. The van der Waals surface area contributed by atoms with Crippen LogP contribution >= 0.6 is 0 Å². The van der Waals surface area contributed by atoms with E-state index in [2.05, 4.69) is 23.7 Å². The molecule has 0 amide bonds. The van der Waals surface area contributed by atoms with E-state index in [9.17, 15) is 0 Å². The van der Waals surface area contributed by atoms with E-state index >= 15 is 8.78 Å². The fourth-order valence-electron chi connectivity index (χ4n) is 6.62. The summed E-state index contributed by atoms with van der Waals surface area (Å²) in [6.07, 6.45) is 0. The van der Waals surface area contributed by atoms with E-state index in [-0.39, 0.29) is 11.1 Å². The van der Waals surface area contributed by atoms with E-state index in [0.29, 0.717) is 0 Å². The summed E-state index contributed by atoms with van der Waals surface area (Å²) in [4.78, 5) is 0. The Morgan fingerprint density at radius 3 is 0.700 bits per heavy atom. The summed E-state index contributed by atoms with van der Waals surface area (Å²) in [7, 11) is 0. The van der Waals surface area contributed by atoms with E-state index in [4.69, 9.17) is 0 Å². The highest BCUT2D eigenvalue weighted by molar-refractivity contribution is 5.62. The maximum absolute atomic E-state index is 16.1. The average molecular weight is 647 g/mol. The Bertz CT molecular complexity index is 1950.